The Balaban J connectivity index is 1.85. The lowest BCUT2D eigenvalue weighted by atomic mass is 10.0. The van der Waals surface area contributed by atoms with Crippen LogP contribution in [0.2, 0.25) is 5.02 Å². The van der Waals surface area contributed by atoms with Gasteiger partial charge in [0, 0.05) is 12.5 Å². The molecule has 2 aromatic rings. The molecule has 5 nitrogen and oxygen atoms in total. The van der Waals surface area contributed by atoms with E-state index in [2.05, 4.69) is 15.6 Å². The van der Waals surface area contributed by atoms with Gasteiger partial charge in [-0.15, -0.1) is 0 Å². The quantitative estimate of drug-likeness (QED) is 0.358. The first kappa shape index (κ1) is 20.1. The smallest absolute Gasteiger partial charge is 0.191 e. The van der Waals surface area contributed by atoms with Gasteiger partial charge in [-0.3, -0.25) is 4.99 Å². The number of nitrogens with one attached hydrogen (secondary N) is 2. The van der Waals surface area contributed by atoms with Crippen LogP contribution in [0.5, 0.6) is 5.75 Å². The van der Waals surface area contributed by atoms with Crippen molar-refractivity contribution in [2.24, 2.45) is 4.99 Å². The predicted molar refractivity (Wildman–Crippen MR) is 107 cm³/mol. The Labute approximate surface area is 160 Å². The summed E-state index contributed by atoms with van der Waals surface area (Å²) >= 11 is 6.07. The third-order valence-corrected chi connectivity index (χ3v) is 4.11. The van der Waals surface area contributed by atoms with Crippen LogP contribution in [0.4, 0.5) is 0 Å². The lowest BCUT2D eigenvalue weighted by Crippen LogP contribution is -2.39. The molecule has 0 heterocycles. The monoisotopic (exact) mass is 375 g/mol. The van der Waals surface area contributed by atoms with Crippen molar-refractivity contribution in [3.8, 4) is 5.75 Å². The normalized spacial score (nSPS) is 12.5. The van der Waals surface area contributed by atoms with Gasteiger partial charge in [-0.05, 0) is 24.6 Å². The number of aliphatic imine (C=N–C) groups is 1. The summed E-state index contributed by atoms with van der Waals surface area (Å²) in [5.41, 5.74) is 1.08. The van der Waals surface area contributed by atoms with Gasteiger partial charge in [0.25, 0.3) is 0 Å². The molecule has 1 atom stereocenters. The molecular formula is C20H26ClN3O2. The minimum Gasteiger partial charge on any atom is -0.490 e. The highest BCUT2D eigenvalue weighted by Crippen LogP contribution is 2.22. The Hall–Kier alpha value is -2.24. The molecule has 2 rings (SSSR count). The SMILES string of the molecule is CCNC(=NCC(CO)c1ccccc1)NCCOc1ccccc1Cl. The van der Waals surface area contributed by atoms with E-state index in [1.165, 1.54) is 0 Å². The molecule has 0 radical (unpaired) electrons. The Bertz CT molecular complexity index is 680. The number of aliphatic hydroxyl groups is 1. The van der Waals surface area contributed by atoms with E-state index in [4.69, 9.17) is 16.3 Å². The molecule has 0 fully saturated rings. The fraction of sp³-hybridized carbons (Fsp3) is 0.350. The van der Waals surface area contributed by atoms with Gasteiger partial charge in [0.1, 0.15) is 12.4 Å². The lowest BCUT2D eigenvalue weighted by molar-refractivity contribution is 0.268. The average molecular weight is 376 g/mol. The molecule has 6 heteroatoms. The van der Waals surface area contributed by atoms with Crippen LogP contribution in [0, 0.1) is 0 Å². The maximum atomic E-state index is 9.65. The van der Waals surface area contributed by atoms with Gasteiger partial charge < -0.3 is 20.5 Å². The van der Waals surface area contributed by atoms with Gasteiger partial charge in [0.15, 0.2) is 5.96 Å². The Morgan fingerprint density at radius 1 is 1.12 bits per heavy atom. The Morgan fingerprint density at radius 2 is 1.85 bits per heavy atom. The van der Waals surface area contributed by atoms with Crippen molar-refractivity contribution < 1.29 is 9.84 Å². The number of hydrogen-bond acceptors (Lipinski definition) is 3. The summed E-state index contributed by atoms with van der Waals surface area (Å²) in [4.78, 5) is 4.58. The molecule has 26 heavy (non-hydrogen) atoms. The lowest BCUT2D eigenvalue weighted by Gasteiger charge is -2.15. The van der Waals surface area contributed by atoms with E-state index in [1.807, 2.05) is 55.5 Å². The fourth-order valence-electron chi connectivity index (χ4n) is 2.43. The molecule has 0 saturated heterocycles. The fourth-order valence-corrected chi connectivity index (χ4v) is 2.62. The summed E-state index contributed by atoms with van der Waals surface area (Å²) in [7, 11) is 0. The van der Waals surface area contributed by atoms with Crippen molar-refractivity contribution in [1.82, 2.24) is 10.6 Å². The van der Waals surface area contributed by atoms with Crippen LogP contribution >= 0.6 is 11.6 Å². The number of aliphatic hydroxyl groups excluding tert-OH is 1. The zero-order valence-electron chi connectivity index (χ0n) is 15.0. The average Bonchev–Trinajstić information content (AvgIpc) is 2.67. The van der Waals surface area contributed by atoms with Gasteiger partial charge in [-0.1, -0.05) is 54.1 Å². The molecule has 0 bridgehead atoms. The first-order chi connectivity index (χ1) is 12.7. The molecule has 0 aliphatic carbocycles. The number of rotatable bonds is 9. The summed E-state index contributed by atoms with van der Waals surface area (Å²) in [5.74, 6) is 1.35. The molecule has 0 aromatic heterocycles. The number of para-hydroxylation sites is 1. The van der Waals surface area contributed by atoms with Crippen LogP contribution in [0.15, 0.2) is 59.6 Å². The standard InChI is InChI=1S/C20H26ClN3O2/c1-2-22-20(23-12-13-26-19-11-7-6-10-18(19)21)24-14-17(15-25)16-8-4-3-5-9-16/h3-11,17,25H,2,12-15H2,1H3,(H2,22,23,24). The number of hydrogen-bond donors (Lipinski definition) is 3. The predicted octanol–water partition coefficient (Wildman–Crippen LogP) is 3.05. The zero-order chi connectivity index (χ0) is 18.6. The highest BCUT2D eigenvalue weighted by atomic mass is 35.5. The van der Waals surface area contributed by atoms with E-state index in [0.717, 1.165) is 12.1 Å². The molecule has 3 N–H and O–H groups in total. The Morgan fingerprint density at radius 3 is 2.54 bits per heavy atom. The summed E-state index contributed by atoms with van der Waals surface area (Å²) < 4.78 is 5.66. The molecule has 0 spiro atoms. The number of ether oxygens (including phenoxy) is 1. The van der Waals surface area contributed by atoms with Crippen molar-refractivity contribution in [3.63, 3.8) is 0 Å². The van der Waals surface area contributed by atoms with Crippen LogP contribution < -0.4 is 15.4 Å². The second kappa shape index (κ2) is 11.4. The van der Waals surface area contributed by atoms with E-state index in [1.54, 1.807) is 6.07 Å². The summed E-state index contributed by atoms with van der Waals surface area (Å²) in [6.07, 6.45) is 0. The van der Waals surface area contributed by atoms with Crippen LogP contribution in [-0.4, -0.2) is 43.9 Å². The van der Waals surface area contributed by atoms with E-state index >= 15 is 0 Å². The van der Waals surface area contributed by atoms with Gasteiger partial charge >= 0.3 is 0 Å². The summed E-state index contributed by atoms with van der Waals surface area (Å²) in [5, 5.41) is 16.7. The highest BCUT2D eigenvalue weighted by molar-refractivity contribution is 6.32. The third kappa shape index (κ3) is 6.58. The van der Waals surface area contributed by atoms with Crippen molar-refractivity contribution in [2.75, 3.05) is 32.8 Å². The van der Waals surface area contributed by atoms with E-state index < -0.39 is 0 Å². The van der Waals surface area contributed by atoms with Crippen molar-refractivity contribution in [3.05, 3.63) is 65.2 Å². The van der Waals surface area contributed by atoms with Crippen LogP contribution in [0.3, 0.4) is 0 Å². The first-order valence-corrected chi connectivity index (χ1v) is 9.17. The van der Waals surface area contributed by atoms with Crippen molar-refractivity contribution in [1.29, 1.82) is 0 Å². The van der Waals surface area contributed by atoms with Gasteiger partial charge in [0.05, 0.1) is 24.7 Å². The van der Waals surface area contributed by atoms with Crippen molar-refractivity contribution >= 4 is 17.6 Å². The molecule has 0 saturated carbocycles. The highest BCUT2D eigenvalue weighted by Gasteiger charge is 2.10. The minimum atomic E-state index is -0.0222. The zero-order valence-corrected chi connectivity index (χ0v) is 15.7. The van der Waals surface area contributed by atoms with Gasteiger partial charge in [-0.25, -0.2) is 0 Å². The molecular weight excluding hydrogens is 350 g/mol. The minimum absolute atomic E-state index is 0.0222. The first-order valence-electron chi connectivity index (χ1n) is 8.80. The summed E-state index contributed by atoms with van der Waals surface area (Å²) in [6.45, 7) is 4.39. The molecule has 140 valence electrons. The Kier molecular flexibility index (Phi) is 8.79. The largest absolute Gasteiger partial charge is 0.490 e. The molecule has 2 aromatic carbocycles. The van der Waals surface area contributed by atoms with Crippen molar-refractivity contribution in [2.45, 2.75) is 12.8 Å². The molecule has 0 aliphatic rings. The topological polar surface area (TPSA) is 65.9 Å². The van der Waals surface area contributed by atoms with Gasteiger partial charge in [0.2, 0.25) is 0 Å². The maximum absolute atomic E-state index is 9.65. The van der Waals surface area contributed by atoms with Crippen LogP contribution in [0.1, 0.15) is 18.4 Å². The van der Waals surface area contributed by atoms with E-state index in [-0.39, 0.29) is 12.5 Å². The second-order valence-corrected chi connectivity index (χ2v) is 6.12. The molecule has 0 amide bonds. The van der Waals surface area contributed by atoms with E-state index in [0.29, 0.717) is 36.4 Å². The van der Waals surface area contributed by atoms with Crippen LogP contribution in [0.25, 0.3) is 0 Å². The van der Waals surface area contributed by atoms with Crippen LogP contribution in [-0.2, 0) is 0 Å². The number of nitrogens with zero attached hydrogens (tertiary/aromatic N) is 1. The number of benzene rings is 2. The van der Waals surface area contributed by atoms with E-state index in [9.17, 15) is 5.11 Å². The summed E-state index contributed by atoms with van der Waals surface area (Å²) in [6, 6.07) is 17.3. The second-order valence-electron chi connectivity index (χ2n) is 5.72. The number of halogens is 1. The number of guanidine groups is 1. The molecule has 1 unspecified atom stereocenters. The maximum Gasteiger partial charge on any atom is 0.191 e. The third-order valence-electron chi connectivity index (χ3n) is 3.79. The van der Waals surface area contributed by atoms with Gasteiger partial charge in [-0.2, -0.15) is 0 Å². The molecule has 0 aliphatic heterocycles.